The number of anilines is 1. The lowest BCUT2D eigenvalue weighted by molar-refractivity contribution is 0.0982. The Morgan fingerprint density at radius 1 is 1.10 bits per heavy atom. The molecule has 0 atom stereocenters. The Kier molecular flexibility index (Phi) is 6.08. The van der Waals surface area contributed by atoms with Gasteiger partial charge in [-0.15, -0.1) is 11.3 Å². The summed E-state index contributed by atoms with van der Waals surface area (Å²) in [5, 5.41) is 16.6. The van der Waals surface area contributed by atoms with Gasteiger partial charge in [0.25, 0.3) is 5.91 Å². The largest absolute Gasteiger partial charge is 0.459 e. The normalized spacial score (nSPS) is 10.9. The SMILES string of the molecule is O=C(NC(=S)Nc1ccc(-c2ccc(CO)o2)cc1)c1sc2cc(Cl)ccc2c1Cl. The number of hydrogen-bond acceptors (Lipinski definition) is 5. The standard InChI is InChI=1S/C21H14Cl2N2O3S2/c22-12-3-7-15-17(9-12)30-19(18(15)23)20(27)25-21(29)24-13-4-1-11(2-5-13)16-8-6-14(10-26)28-16/h1-9,26H,10H2,(H2,24,25,27,29). The highest BCUT2D eigenvalue weighted by atomic mass is 35.5. The summed E-state index contributed by atoms with van der Waals surface area (Å²) in [5.41, 5.74) is 1.55. The van der Waals surface area contributed by atoms with Gasteiger partial charge < -0.3 is 14.8 Å². The van der Waals surface area contributed by atoms with Crippen LogP contribution in [0.3, 0.4) is 0 Å². The number of halogens is 2. The van der Waals surface area contributed by atoms with Crippen LogP contribution in [0.25, 0.3) is 21.4 Å². The van der Waals surface area contributed by atoms with Gasteiger partial charge >= 0.3 is 0 Å². The molecule has 4 aromatic rings. The molecule has 5 nitrogen and oxygen atoms in total. The highest BCUT2D eigenvalue weighted by molar-refractivity contribution is 7.80. The molecule has 0 radical (unpaired) electrons. The van der Waals surface area contributed by atoms with Gasteiger partial charge in [-0.2, -0.15) is 0 Å². The number of thiocarbonyl (C=S) groups is 1. The van der Waals surface area contributed by atoms with Crippen molar-refractivity contribution >= 4 is 73.5 Å². The highest BCUT2D eigenvalue weighted by Crippen LogP contribution is 2.36. The first-order valence-electron chi connectivity index (χ1n) is 8.74. The molecular weight excluding hydrogens is 463 g/mol. The molecule has 0 fully saturated rings. The fourth-order valence-electron chi connectivity index (χ4n) is 2.84. The zero-order valence-electron chi connectivity index (χ0n) is 15.2. The second-order valence-electron chi connectivity index (χ2n) is 6.30. The molecule has 4 rings (SSSR count). The minimum Gasteiger partial charge on any atom is -0.459 e. The zero-order valence-corrected chi connectivity index (χ0v) is 18.4. The van der Waals surface area contributed by atoms with Crippen molar-refractivity contribution in [2.45, 2.75) is 6.61 Å². The van der Waals surface area contributed by atoms with Gasteiger partial charge in [-0.05, 0) is 60.7 Å². The monoisotopic (exact) mass is 476 g/mol. The van der Waals surface area contributed by atoms with Gasteiger partial charge in [-0.25, -0.2) is 0 Å². The molecular formula is C21H14Cl2N2O3S2. The minimum absolute atomic E-state index is 0.148. The van der Waals surface area contributed by atoms with Gasteiger partial charge in [-0.1, -0.05) is 29.3 Å². The quantitative estimate of drug-likeness (QED) is 0.311. The van der Waals surface area contributed by atoms with E-state index in [4.69, 9.17) is 44.9 Å². The number of rotatable bonds is 4. The van der Waals surface area contributed by atoms with E-state index < -0.39 is 5.91 Å². The fraction of sp³-hybridized carbons (Fsp3) is 0.0476. The molecule has 0 bridgehead atoms. The number of fused-ring (bicyclic) bond motifs is 1. The molecule has 2 aromatic carbocycles. The van der Waals surface area contributed by atoms with Crippen LogP contribution in [-0.2, 0) is 6.61 Å². The van der Waals surface area contributed by atoms with Crippen molar-refractivity contribution in [3.63, 3.8) is 0 Å². The van der Waals surface area contributed by atoms with Crippen molar-refractivity contribution in [3.8, 4) is 11.3 Å². The van der Waals surface area contributed by atoms with E-state index >= 15 is 0 Å². The number of carbonyl (C=O) groups excluding carboxylic acids is 1. The van der Waals surface area contributed by atoms with Gasteiger partial charge in [-0.3, -0.25) is 10.1 Å². The third-order valence-electron chi connectivity index (χ3n) is 4.27. The van der Waals surface area contributed by atoms with Crippen LogP contribution in [0, 0.1) is 0 Å². The molecule has 9 heteroatoms. The summed E-state index contributed by atoms with van der Waals surface area (Å²) < 4.78 is 6.34. The van der Waals surface area contributed by atoms with E-state index in [1.807, 2.05) is 24.3 Å². The summed E-state index contributed by atoms with van der Waals surface area (Å²) in [6, 6.07) is 16.1. The van der Waals surface area contributed by atoms with Crippen LogP contribution in [0.5, 0.6) is 0 Å². The Morgan fingerprint density at radius 2 is 1.87 bits per heavy atom. The van der Waals surface area contributed by atoms with E-state index in [9.17, 15) is 4.79 Å². The van der Waals surface area contributed by atoms with E-state index in [2.05, 4.69) is 10.6 Å². The molecule has 1 amide bonds. The molecule has 0 unspecified atom stereocenters. The Labute approximate surface area is 191 Å². The number of carbonyl (C=O) groups is 1. The Bertz CT molecular complexity index is 1250. The first-order valence-corrected chi connectivity index (χ1v) is 10.7. The first-order chi connectivity index (χ1) is 14.4. The smallest absolute Gasteiger partial charge is 0.269 e. The van der Waals surface area contributed by atoms with Crippen LogP contribution in [0.1, 0.15) is 15.4 Å². The van der Waals surface area contributed by atoms with Crippen molar-refractivity contribution in [3.05, 3.63) is 75.3 Å². The average molecular weight is 477 g/mol. The summed E-state index contributed by atoms with van der Waals surface area (Å²) >= 11 is 18.9. The van der Waals surface area contributed by atoms with Crippen molar-refractivity contribution in [1.29, 1.82) is 0 Å². The van der Waals surface area contributed by atoms with Crippen LogP contribution in [0.2, 0.25) is 10.0 Å². The van der Waals surface area contributed by atoms with Crippen LogP contribution in [0.4, 0.5) is 5.69 Å². The lowest BCUT2D eigenvalue weighted by atomic mass is 10.1. The predicted molar refractivity (Wildman–Crippen MR) is 126 cm³/mol. The average Bonchev–Trinajstić information content (AvgIpc) is 3.33. The number of aliphatic hydroxyl groups excluding tert-OH is 1. The molecule has 0 spiro atoms. The summed E-state index contributed by atoms with van der Waals surface area (Å²) in [7, 11) is 0. The van der Waals surface area contributed by atoms with E-state index in [1.165, 1.54) is 11.3 Å². The number of benzene rings is 2. The van der Waals surface area contributed by atoms with Crippen molar-refractivity contribution < 1.29 is 14.3 Å². The number of aliphatic hydroxyl groups is 1. The topological polar surface area (TPSA) is 74.5 Å². The molecule has 30 heavy (non-hydrogen) atoms. The zero-order chi connectivity index (χ0) is 21.3. The molecule has 0 saturated carbocycles. The third kappa shape index (κ3) is 4.35. The number of thiophene rings is 1. The molecule has 0 aliphatic heterocycles. The number of amides is 1. The summed E-state index contributed by atoms with van der Waals surface area (Å²) in [6.07, 6.45) is 0. The van der Waals surface area contributed by atoms with E-state index in [-0.39, 0.29) is 11.7 Å². The Balaban J connectivity index is 1.43. The molecule has 2 aromatic heterocycles. The van der Waals surface area contributed by atoms with Gasteiger partial charge in [0.1, 0.15) is 23.0 Å². The van der Waals surface area contributed by atoms with Crippen LogP contribution < -0.4 is 10.6 Å². The molecule has 2 heterocycles. The number of furan rings is 1. The minimum atomic E-state index is -0.390. The molecule has 0 aliphatic carbocycles. The Hall–Kier alpha value is -2.42. The van der Waals surface area contributed by atoms with Crippen molar-refractivity contribution in [2.75, 3.05) is 5.32 Å². The van der Waals surface area contributed by atoms with Gasteiger partial charge in [0.15, 0.2) is 5.11 Å². The molecule has 3 N–H and O–H groups in total. The van der Waals surface area contributed by atoms with Crippen LogP contribution in [-0.4, -0.2) is 16.1 Å². The predicted octanol–water partition coefficient (Wildman–Crippen LogP) is 6.09. The first kappa shape index (κ1) is 20.8. The van der Waals surface area contributed by atoms with Gasteiger partial charge in [0.05, 0.1) is 5.02 Å². The van der Waals surface area contributed by atoms with Crippen molar-refractivity contribution in [1.82, 2.24) is 5.32 Å². The summed E-state index contributed by atoms with van der Waals surface area (Å²) in [4.78, 5) is 13.0. The second-order valence-corrected chi connectivity index (χ2v) is 8.57. The fourth-order valence-corrected chi connectivity index (χ4v) is 4.74. The lowest BCUT2D eigenvalue weighted by Gasteiger charge is -2.09. The van der Waals surface area contributed by atoms with Crippen molar-refractivity contribution in [2.24, 2.45) is 0 Å². The maximum atomic E-state index is 12.6. The maximum Gasteiger partial charge on any atom is 0.269 e. The third-order valence-corrected chi connectivity index (χ3v) is 6.36. The number of nitrogens with one attached hydrogen (secondary N) is 2. The molecule has 152 valence electrons. The van der Waals surface area contributed by atoms with Gasteiger partial charge in [0.2, 0.25) is 0 Å². The van der Waals surface area contributed by atoms with E-state index in [0.29, 0.717) is 32.1 Å². The number of hydrogen-bond donors (Lipinski definition) is 3. The van der Waals surface area contributed by atoms with E-state index in [0.717, 1.165) is 15.6 Å². The summed E-state index contributed by atoms with van der Waals surface area (Å²) in [5.74, 6) is 0.762. The summed E-state index contributed by atoms with van der Waals surface area (Å²) in [6.45, 7) is -0.148. The highest BCUT2D eigenvalue weighted by Gasteiger charge is 2.18. The van der Waals surface area contributed by atoms with Crippen LogP contribution >= 0.6 is 46.8 Å². The lowest BCUT2D eigenvalue weighted by Crippen LogP contribution is -2.33. The molecule has 0 saturated heterocycles. The van der Waals surface area contributed by atoms with Crippen LogP contribution in [0.15, 0.2) is 59.0 Å². The maximum absolute atomic E-state index is 12.6. The Morgan fingerprint density at radius 3 is 2.57 bits per heavy atom. The van der Waals surface area contributed by atoms with Gasteiger partial charge in [0, 0.05) is 26.4 Å². The molecule has 0 aliphatic rings. The second kappa shape index (κ2) is 8.75. The van der Waals surface area contributed by atoms with E-state index in [1.54, 1.807) is 30.3 Å².